The van der Waals surface area contributed by atoms with Gasteiger partial charge in [-0.25, -0.2) is 4.98 Å². The van der Waals surface area contributed by atoms with E-state index in [1.807, 2.05) is 41.3 Å². The molecule has 3 N–H and O–H groups in total. The van der Waals surface area contributed by atoms with Crippen LogP contribution >= 0.6 is 0 Å². The Balaban J connectivity index is 1.18. The van der Waals surface area contributed by atoms with E-state index in [1.165, 1.54) is 4.90 Å². The molecule has 186 valence electrons. The number of aromatic amines is 1. The highest BCUT2D eigenvalue weighted by Crippen LogP contribution is 2.33. The van der Waals surface area contributed by atoms with Gasteiger partial charge in [0.15, 0.2) is 0 Å². The number of carboxylic acid groups (broad SMARTS) is 1. The first-order chi connectivity index (χ1) is 17.5. The van der Waals surface area contributed by atoms with Crippen LogP contribution in [0.1, 0.15) is 31.2 Å². The second-order valence-electron chi connectivity index (χ2n) is 9.31. The third kappa shape index (κ3) is 5.10. The lowest BCUT2D eigenvalue weighted by Crippen LogP contribution is -2.40. The summed E-state index contributed by atoms with van der Waals surface area (Å²) in [7, 11) is 0. The molecule has 2 aliphatic heterocycles. The van der Waals surface area contributed by atoms with Gasteiger partial charge in [-0.15, -0.1) is 0 Å². The monoisotopic (exact) mass is 487 g/mol. The number of likely N-dealkylation sites (tertiary alicyclic amines) is 1. The lowest BCUT2D eigenvalue weighted by Gasteiger charge is -2.32. The van der Waals surface area contributed by atoms with Crippen molar-refractivity contribution in [3.63, 3.8) is 0 Å². The largest absolute Gasteiger partial charge is 0.480 e. The number of rotatable bonds is 7. The van der Waals surface area contributed by atoms with Crippen molar-refractivity contribution in [3.8, 4) is 0 Å². The Bertz CT molecular complexity index is 1290. The van der Waals surface area contributed by atoms with Crippen LogP contribution in [0.25, 0.3) is 16.6 Å². The Kier molecular flexibility index (Phi) is 6.71. The van der Waals surface area contributed by atoms with Crippen molar-refractivity contribution in [1.82, 2.24) is 14.9 Å². The maximum absolute atomic E-state index is 13.2. The Morgan fingerprint density at radius 3 is 2.61 bits per heavy atom. The number of para-hydroxylation sites is 3. The fourth-order valence-corrected chi connectivity index (χ4v) is 4.96. The predicted molar refractivity (Wildman–Crippen MR) is 138 cm³/mol. The lowest BCUT2D eigenvalue weighted by atomic mass is 9.95. The summed E-state index contributed by atoms with van der Waals surface area (Å²) < 4.78 is 0. The summed E-state index contributed by atoms with van der Waals surface area (Å²) >= 11 is 0. The summed E-state index contributed by atoms with van der Waals surface area (Å²) in [5.41, 5.74) is 3.98. The van der Waals surface area contributed by atoms with Crippen molar-refractivity contribution < 1.29 is 19.5 Å². The zero-order valence-electron chi connectivity index (χ0n) is 19.9. The van der Waals surface area contributed by atoms with Crippen molar-refractivity contribution >= 4 is 46.0 Å². The van der Waals surface area contributed by atoms with Gasteiger partial charge in [-0.2, -0.15) is 0 Å². The highest BCUT2D eigenvalue weighted by molar-refractivity contribution is 6.04. The average molecular weight is 488 g/mol. The van der Waals surface area contributed by atoms with Crippen LogP contribution in [0.2, 0.25) is 0 Å². The predicted octanol–water partition coefficient (Wildman–Crippen LogP) is 3.51. The Labute approximate surface area is 208 Å². The van der Waals surface area contributed by atoms with E-state index in [0.29, 0.717) is 24.7 Å². The topological polar surface area (TPSA) is 119 Å². The van der Waals surface area contributed by atoms with Crippen LogP contribution in [0, 0.1) is 5.92 Å². The number of carbonyl (C=O) groups excluding carboxylic acids is 2. The van der Waals surface area contributed by atoms with Gasteiger partial charge in [0, 0.05) is 31.6 Å². The van der Waals surface area contributed by atoms with Crippen LogP contribution in [0.4, 0.5) is 11.6 Å². The molecule has 36 heavy (non-hydrogen) atoms. The van der Waals surface area contributed by atoms with Crippen LogP contribution in [0.3, 0.4) is 0 Å². The Morgan fingerprint density at radius 2 is 1.83 bits per heavy atom. The third-order valence-corrected chi connectivity index (χ3v) is 6.91. The van der Waals surface area contributed by atoms with Crippen molar-refractivity contribution in [2.24, 2.45) is 5.92 Å². The standard InChI is InChI=1S/C27H29N5O4/c33-24-10-9-19(20-5-1-4-8-23(20)32(24)17-26(35)36)15-25(34)31-13-11-18(12-14-31)16-28-27-29-21-6-2-3-7-22(21)30-27/h1-9,18H,10-17H2,(H,35,36)(H2,28,29,30). The molecule has 0 saturated carbocycles. The SMILES string of the molecule is O=C(O)CN1C(=O)CC=C(CC(=O)N2CCC(CNc3nc4ccccc4[nH]3)CC2)c2ccccc21. The molecule has 5 rings (SSSR count). The number of carboxylic acids is 1. The second-order valence-corrected chi connectivity index (χ2v) is 9.31. The molecule has 2 aromatic carbocycles. The van der Waals surface area contributed by atoms with Gasteiger partial charge in [-0.05, 0) is 42.5 Å². The van der Waals surface area contributed by atoms with E-state index in [0.717, 1.165) is 47.5 Å². The Morgan fingerprint density at radius 1 is 1.08 bits per heavy atom. The molecular weight excluding hydrogens is 458 g/mol. The van der Waals surface area contributed by atoms with E-state index in [1.54, 1.807) is 18.2 Å². The minimum atomic E-state index is -1.07. The Hall–Kier alpha value is -4.14. The molecule has 1 fully saturated rings. The zero-order valence-corrected chi connectivity index (χ0v) is 19.9. The maximum atomic E-state index is 13.2. The number of fused-ring (bicyclic) bond motifs is 2. The summed E-state index contributed by atoms with van der Waals surface area (Å²) in [5.74, 6) is -0.123. The first kappa shape index (κ1) is 23.6. The van der Waals surface area contributed by atoms with E-state index >= 15 is 0 Å². The van der Waals surface area contributed by atoms with Crippen LogP contribution < -0.4 is 10.2 Å². The average Bonchev–Trinajstić information content (AvgIpc) is 3.26. The highest BCUT2D eigenvalue weighted by atomic mass is 16.4. The van der Waals surface area contributed by atoms with Gasteiger partial charge in [0.25, 0.3) is 0 Å². The molecular formula is C27H29N5O4. The minimum absolute atomic E-state index is 0.0267. The molecule has 0 atom stereocenters. The number of carbonyl (C=O) groups is 3. The molecule has 1 saturated heterocycles. The first-order valence-electron chi connectivity index (χ1n) is 12.2. The third-order valence-electron chi connectivity index (χ3n) is 6.91. The minimum Gasteiger partial charge on any atom is -0.480 e. The molecule has 0 bridgehead atoms. The number of aliphatic carboxylic acids is 1. The number of benzene rings is 2. The zero-order chi connectivity index (χ0) is 25.1. The summed E-state index contributed by atoms with van der Waals surface area (Å²) in [6.45, 7) is 1.76. The number of nitrogens with one attached hydrogen (secondary N) is 2. The number of anilines is 2. The number of amides is 2. The number of piperidine rings is 1. The summed E-state index contributed by atoms with van der Waals surface area (Å²) in [4.78, 5) is 48.1. The molecule has 1 aromatic heterocycles. The van der Waals surface area contributed by atoms with Gasteiger partial charge in [-0.1, -0.05) is 36.4 Å². The fraction of sp³-hybridized carbons (Fsp3) is 0.333. The summed E-state index contributed by atoms with van der Waals surface area (Å²) in [6, 6.07) is 15.1. The summed E-state index contributed by atoms with van der Waals surface area (Å²) in [6.07, 6.45) is 3.83. The van der Waals surface area contributed by atoms with Gasteiger partial charge in [0.05, 0.1) is 23.1 Å². The highest BCUT2D eigenvalue weighted by Gasteiger charge is 2.28. The number of nitrogens with zero attached hydrogens (tertiary/aromatic N) is 3. The number of hydrogen-bond acceptors (Lipinski definition) is 5. The van der Waals surface area contributed by atoms with Crippen LogP contribution in [0.5, 0.6) is 0 Å². The number of imidazole rings is 1. The van der Waals surface area contributed by atoms with Crippen molar-refractivity contribution in [3.05, 3.63) is 60.2 Å². The van der Waals surface area contributed by atoms with Gasteiger partial charge in [-0.3, -0.25) is 14.4 Å². The quantitative estimate of drug-likeness (QED) is 0.469. The van der Waals surface area contributed by atoms with E-state index in [-0.39, 0.29) is 24.7 Å². The van der Waals surface area contributed by atoms with E-state index < -0.39 is 12.5 Å². The molecule has 9 nitrogen and oxygen atoms in total. The van der Waals surface area contributed by atoms with Gasteiger partial charge in [0.2, 0.25) is 17.8 Å². The van der Waals surface area contributed by atoms with Crippen LogP contribution in [-0.4, -0.2) is 63.9 Å². The second kappa shape index (κ2) is 10.2. The van der Waals surface area contributed by atoms with Crippen LogP contribution in [0.15, 0.2) is 54.6 Å². The number of aromatic nitrogens is 2. The fourth-order valence-electron chi connectivity index (χ4n) is 4.96. The molecule has 9 heteroatoms. The molecule has 0 spiro atoms. The molecule has 0 unspecified atom stereocenters. The first-order valence-corrected chi connectivity index (χ1v) is 12.2. The van der Waals surface area contributed by atoms with Crippen molar-refractivity contribution in [2.45, 2.75) is 25.7 Å². The molecule has 0 aliphatic carbocycles. The maximum Gasteiger partial charge on any atom is 0.323 e. The van der Waals surface area contributed by atoms with Crippen LogP contribution in [-0.2, 0) is 14.4 Å². The van der Waals surface area contributed by atoms with Crippen molar-refractivity contribution in [1.29, 1.82) is 0 Å². The van der Waals surface area contributed by atoms with E-state index in [4.69, 9.17) is 0 Å². The van der Waals surface area contributed by atoms with Gasteiger partial charge < -0.3 is 25.2 Å². The normalized spacial score (nSPS) is 16.4. The smallest absolute Gasteiger partial charge is 0.323 e. The van der Waals surface area contributed by atoms with Gasteiger partial charge in [0.1, 0.15) is 6.54 Å². The molecule has 2 amide bonds. The molecule has 0 radical (unpaired) electrons. The number of H-pyrrole nitrogens is 1. The van der Waals surface area contributed by atoms with E-state index in [9.17, 15) is 19.5 Å². The summed E-state index contributed by atoms with van der Waals surface area (Å²) in [5, 5.41) is 12.7. The lowest BCUT2D eigenvalue weighted by molar-refractivity contribution is -0.136. The molecule has 3 aromatic rings. The molecule has 3 heterocycles. The van der Waals surface area contributed by atoms with Crippen molar-refractivity contribution in [2.75, 3.05) is 36.4 Å². The van der Waals surface area contributed by atoms with E-state index in [2.05, 4.69) is 15.3 Å². The van der Waals surface area contributed by atoms with Gasteiger partial charge >= 0.3 is 5.97 Å². The number of hydrogen-bond donors (Lipinski definition) is 3. The molecule has 2 aliphatic rings.